The Hall–Kier alpha value is -0.260. The molecule has 2 rings (SSSR count). The number of rotatable bonds is 3. The van der Waals surface area contributed by atoms with Gasteiger partial charge in [0.2, 0.25) is 0 Å². The van der Waals surface area contributed by atoms with E-state index in [2.05, 4.69) is 4.31 Å². The first-order chi connectivity index (χ1) is 7.25. The Morgan fingerprint density at radius 2 is 1.87 bits per heavy atom. The summed E-state index contributed by atoms with van der Waals surface area (Å²) in [6.45, 7) is 2.07. The van der Waals surface area contributed by atoms with E-state index in [-0.39, 0.29) is 11.6 Å². The van der Waals surface area contributed by atoms with Crippen molar-refractivity contribution in [1.29, 1.82) is 0 Å². The molecule has 0 N–H and O–H groups in total. The van der Waals surface area contributed by atoms with Gasteiger partial charge in [-0.2, -0.15) is 0 Å². The molecule has 0 aromatic heterocycles. The minimum Gasteiger partial charge on any atom is -0.241 e. The van der Waals surface area contributed by atoms with Crippen LogP contribution in [0.3, 0.4) is 0 Å². The lowest BCUT2D eigenvalue weighted by molar-refractivity contribution is 0.577. The van der Waals surface area contributed by atoms with E-state index in [1.54, 1.807) is 0 Å². The van der Waals surface area contributed by atoms with Crippen molar-refractivity contribution in [3.05, 3.63) is 29.8 Å². The van der Waals surface area contributed by atoms with Gasteiger partial charge in [-0.3, -0.25) is 0 Å². The van der Waals surface area contributed by atoms with Crippen molar-refractivity contribution in [1.82, 2.24) is 4.31 Å². The number of benzene rings is 1. The van der Waals surface area contributed by atoms with Crippen molar-refractivity contribution in [2.24, 2.45) is 0 Å². The van der Waals surface area contributed by atoms with Crippen molar-refractivity contribution >= 4 is 21.8 Å². The molecule has 0 aliphatic carbocycles. The molecule has 1 aliphatic rings. The molecule has 1 aromatic rings. The van der Waals surface area contributed by atoms with E-state index in [0.717, 1.165) is 19.2 Å². The van der Waals surface area contributed by atoms with Crippen molar-refractivity contribution in [2.75, 3.05) is 13.1 Å². The van der Waals surface area contributed by atoms with Gasteiger partial charge in [0, 0.05) is 13.1 Å². The van der Waals surface area contributed by atoms with Crippen LogP contribution in [0.2, 0.25) is 0 Å². The maximum Gasteiger partial charge on any atom is 0.137 e. The van der Waals surface area contributed by atoms with Gasteiger partial charge in [0.25, 0.3) is 0 Å². The molecule has 0 saturated carbocycles. The summed E-state index contributed by atoms with van der Waals surface area (Å²) >= 11 is 0. The third-order valence-corrected chi connectivity index (χ3v) is 4.73. The van der Waals surface area contributed by atoms with Gasteiger partial charge in [-0.05, 0) is 52.8 Å². The van der Waals surface area contributed by atoms with Gasteiger partial charge >= 0.3 is 0 Å². The van der Waals surface area contributed by atoms with Crippen LogP contribution in [0, 0.1) is 11.6 Å². The van der Waals surface area contributed by atoms with Gasteiger partial charge in [0.15, 0.2) is 0 Å². The second-order valence-electron chi connectivity index (χ2n) is 3.37. The monoisotopic (exact) mass is 247 g/mol. The van der Waals surface area contributed by atoms with E-state index >= 15 is 0 Å². The summed E-state index contributed by atoms with van der Waals surface area (Å²) in [5.41, 5.74) is 0. The van der Waals surface area contributed by atoms with Crippen LogP contribution in [0.5, 0.6) is 0 Å². The second-order valence-corrected chi connectivity index (χ2v) is 5.59. The zero-order valence-corrected chi connectivity index (χ0v) is 9.71. The summed E-state index contributed by atoms with van der Waals surface area (Å²) in [7, 11) is 2.79. The van der Waals surface area contributed by atoms with E-state index < -0.39 is 0 Å². The molecule has 15 heavy (non-hydrogen) atoms. The largest absolute Gasteiger partial charge is 0.241 e. The van der Waals surface area contributed by atoms with Crippen molar-refractivity contribution < 1.29 is 8.78 Å². The van der Waals surface area contributed by atoms with Crippen LogP contribution in [0.1, 0.15) is 12.8 Å². The molecule has 1 aromatic carbocycles. The van der Waals surface area contributed by atoms with Crippen molar-refractivity contribution in [3.8, 4) is 0 Å². The van der Waals surface area contributed by atoms with Gasteiger partial charge in [-0.15, -0.1) is 0 Å². The Labute approximate surface area is 95.8 Å². The molecule has 0 unspecified atom stereocenters. The number of halogens is 2. The van der Waals surface area contributed by atoms with Gasteiger partial charge < -0.3 is 0 Å². The lowest BCUT2D eigenvalue weighted by Gasteiger charge is -2.11. The molecule has 1 saturated heterocycles. The highest BCUT2D eigenvalue weighted by molar-refractivity contribution is 8.75. The Kier molecular flexibility index (Phi) is 3.88. The van der Waals surface area contributed by atoms with Gasteiger partial charge in [-0.1, -0.05) is 0 Å². The minimum atomic E-state index is -0.388. The summed E-state index contributed by atoms with van der Waals surface area (Å²) in [6, 6.07) is 3.55. The first-order valence-electron chi connectivity index (χ1n) is 4.80. The second kappa shape index (κ2) is 5.18. The summed E-state index contributed by atoms with van der Waals surface area (Å²) in [6.07, 6.45) is 2.39. The fourth-order valence-electron chi connectivity index (χ4n) is 1.40. The van der Waals surface area contributed by atoms with Crippen molar-refractivity contribution in [2.45, 2.75) is 17.7 Å². The highest BCUT2D eigenvalue weighted by Gasteiger charge is 2.14. The van der Waals surface area contributed by atoms with Crippen LogP contribution in [0.25, 0.3) is 0 Å². The molecule has 1 aliphatic heterocycles. The Morgan fingerprint density at radius 3 is 2.60 bits per heavy atom. The lowest BCUT2D eigenvalue weighted by atomic mass is 10.3. The van der Waals surface area contributed by atoms with E-state index in [1.807, 2.05) is 0 Å². The maximum atomic E-state index is 13.2. The van der Waals surface area contributed by atoms with Crippen LogP contribution in [-0.2, 0) is 0 Å². The third kappa shape index (κ3) is 3.09. The lowest BCUT2D eigenvalue weighted by Crippen LogP contribution is -2.06. The molecular weight excluding hydrogens is 236 g/mol. The SMILES string of the molecule is Fc1ccc(F)c(SSN2CCCC2)c1. The van der Waals surface area contributed by atoms with Crippen LogP contribution in [0.4, 0.5) is 8.78 Å². The van der Waals surface area contributed by atoms with Crippen molar-refractivity contribution in [3.63, 3.8) is 0 Å². The fraction of sp³-hybridized carbons (Fsp3) is 0.400. The van der Waals surface area contributed by atoms with Crippen LogP contribution >= 0.6 is 21.8 Å². The fourth-order valence-corrected chi connectivity index (χ4v) is 3.69. The van der Waals surface area contributed by atoms with Crippen LogP contribution in [-0.4, -0.2) is 17.4 Å². The summed E-state index contributed by atoms with van der Waals surface area (Å²) in [5, 5.41) is 0. The Balaban J connectivity index is 1.94. The Morgan fingerprint density at radius 1 is 1.13 bits per heavy atom. The average molecular weight is 247 g/mol. The standard InChI is InChI=1S/C10H11F2NS2/c11-8-3-4-9(12)10(7-8)14-15-13-5-1-2-6-13/h3-4,7H,1-2,5-6H2. The zero-order chi connectivity index (χ0) is 10.7. The zero-order valence-electron chi connectivity index (χ0n) is 8.08. The number of nitrogens with zero attached hydrogens (tertiary/aromatic N) is 1. The van der Waals surface area contributed by atoms with Crippen LogP contribution < -0.4 is 0 Å². The smallest absolute Gasteiger partial charge is 0.137 e. The molecule has 0 bridgehead atoms. The molecular formula is C10H11F2NS2. The number of hydrogen-bond acceptors (Lipinski definition) is 3. The summed E-state index contributed by atoms with van der Waals surface area (Å²) < 4.78 is 28.2. The van der Waals surface area contributed by atoms with Gasteiger partial charge in [0.1, 0.15) is 11.6 Å². The first-order valence-corrected chi connectivity index (χ1v) is 6.91. The molecule has 0 atom stereocenters. The highest BCUT2D eigenvalue weighted by atomic mass is 33.1. The van der Waals surface area contributed by atoms with Crippen LogP contribution in [0.15, 0.2) is 23.1 Å². The predicted octanol–water partition coefficient (Wildman–Crippen LogP) is 3.72. The quantitative estimate of drug-likeness (QED) is 0.592. The minimum absolute atomic E-state index is 0.354. The topological polar surface area (TPSA) is 3.24 Å². The molecule has 1 fully saturated rings. The normalized spacial score (nSPS) is 17.2. The maximum absolute atomic E-state index is 13.2. The Bertz CT molecular complexity index is 340. The van der Waals surface area contributed by atoms with E-state index in [1.165, 1.54) is 46.7 Å². The predicted molar refractivity (Wildman–Crippen MR) is 60.6 cm³/mol. The van der Waals surface area contributed by atoms with E-state index in [9.17, 15) is 8.78 Å². The average Bonchev–Trinajstić information content (AvgIpc) is 2.72. The van der Waals surface area contributed by atoms with E-state index in [0.29, 0.717) is 4.90 Å². The summed E-state index contributed by atoms with van der Waals surface area (Å²) in [4.78, 5) is 0.367. The number of hydrogen-bond donors (Lipinski definition) is 0. The summed E-state index contributed by atoms with van der Waals surface area (Å²) in [5.74, 6) is -0.742. The van der Waals surface area contributed by atoms with E-state index in [4.69, 9.17) is 0 Å². The molecule has 82 valence electrons. The third-order valence-electron chi connectivity index (χ3n) is 2.19. The highest BCUT2D eigenvalue weighted by Crippen LogP contribution is 2.37. The molecule has 5 heteroatoms. The first kappa shape index (κ1) is 11.2. The van der Waals surface area contributed by atoms with Gasteiger partial charge in [-0.25, -0.2) is 13.1 Å². The van der Waals surface area contributed by atoms with Gasteiger partial charge in [0.05, 0.1) is 4.90 Å². The molecule has 0 amide bonds. The molecule has 0 spiro atoms. The molecule has 1 nitrogen and oxygen atoms in total. The molecule has 0 radical (unpaired) electrons. The molecule has 1 heterocycles.